The molecule has 0 amide bonds. The summed E-state index contributed by atoms with van der Waals surface area (Å²) in [7, 11) is 0. The third-order valence-electron chi connectivity index (χ3n) is 4.07. The summed E-state index contributed by atoms with van der Waals surface area (Å²) in [6, 6.07) is 7.95. The molecule has 1 aromatic carbocycles. The van der Waals surface area contributed by atoms with Crippen LogP contribution >= 0.6 is 0 Å². The van der Waals surface area contributed by atoms with E-state index in [1.54, 1.807) is 12.4 Å². The minimum Gasteiger partial charge on any atom is -0.486 e. The van der Waals surface area contributed by atoms with Crippen LogP contribution in [0.25, 0.3) is 22.4 Å². The number of fused-ring (bicyclic) bond motifs is 2. The van der Waals surface area contributed by atoms with E-state index in [1.165, 1.54) is 0 Å². The van der Waals surface area contributed by atoms with Crippen molar-refractivity contribution in [2.75, 3.05) is 19.8 Å². The van der Waals surface area contributed by atoms with Crippen LogP contribution in [-0.4, -0.2) is 34.3 Å². The fraction of sp³-hybridized carbons (Fsp3) is 0.294. The van der Waals surface area contributed by atoms with E-state index in [4.69, 9.17) is 20.2 Å². The van der Waals surface area contributed by atoms with Crippen molar-refractivity contribution in [3.63, 3.8) is 0 Å². The summed E-state index contributed by atoms with van der Waals surface area (Å²) in [5.41, 5.74) is 8.81. The number of imidazole rings is 1. The highest BCUT2D eigenvalue weighted by Crippen LogP contribution is 2.37. The summed E-state index contributed by atoms with van der Waals surface area (Å²) in [5.74, 6) is 2.38. The normalized spacial score (nSPS) is 14.9. The standard InChI is InChI=1S/C17H18N4O2/c1-11(10-18)21-14-9-16-15(22-6-7-23-16)8-13(14)20-17(21)12-2-4-19-5-3-12/h2-5,8-9,11H,6-7,10,18H2,1H3. The fourth-order valence-corrected chi connectivity index (χ4v) is 2.89. The lowest BCUT2D eigenvalue weighted by molar-refractivity contribution is 0.172. The van der Waals surface area contributed by atoms with E-state index >= 15 is 0 Å². The Morgan fingerprint density at radius 1 is 1.17 bits per heavy atom. The van der Waals surface area contributed by atoms with Crippen molar-refractivity contribution in [3.8, 4) is 22.9 Å². The first-order valence-electron chi connectivity index (χ1n) is 7.70. The maximum atomic E-state index is 5.92. The molecule has 1 aliphatic rings. The summed E-state index contributed by atoms with van der Waals surface area (Å²) in [6.45, 7) is 3.74. The zero-order chi connectivity index (χ0) is 15.8. The van der Waals surface area contributed by atoms with Crippen LogP contribution in [-0.2, 0) is 0 Å². The fourth-order valence-electron chi connectivity index (χ4n) is 2.89. The zero-order valence-corrected chi connectivity index (χ0v) is 12.9. The van der Waals surface area contributed by atoms with Crippen LogP contribution in [0.2, 0.25) is 0 Å². The Labute approximate surface area is 133 Å². The second kappa shape index (κ2) is 5.55. The molecule has 1 atom stereocenters. The molecule has 0 saturated carbocycles. The molecular formula is C17H18N4O2. The molecule has 4 rings (SSSR count). The molecule has 2 aromatic heterocycles. The van der Waals surface area contributed by atoms with Crippen molar-refractivity contribution in [3.05, 3.63) is 36.7 Å². The molecule has 0 aliphatic carbocycles. The van der Waals surface area contributed by atoms with Crippen molar-refractivity contribution in [1.29, 1.82) is 0 Å². The number of nitrogens with two attached hydrogens (primary N) is 1. The topological polar surface area (TPSA) is 75.2 Å². The summed E-state index contributed by atoms with van der Waals surface area (Å²) in [4.78, 5) is 8.88. The minimum atomic E-state index is 0.116. The molecule has 0 saturated heterocycles. The maximum Gasteiger partial charge on any atom is 0.163 e. The van der Waals surface area contributed by atoms with Gasteiger partial charge in [-0.25, -0.2) is 4.98 Å². The van der Waals surface area contributed by atoms with Crippen LogP contribution in [0.1, 0.15) is 13.0 Å². The molecule has 6 nitrogen and oxygen atoms in total. The summed E-state index contributed by atoms with van der Waals surface area (Å²) < 4.78 is 13.5. The van der Waals surface area contributed by atoms with Crippen LogP contribution < -0.4 is 15.2 Å². The Balaban J connectivity index is 1.98. The van der Waals surface area contributed by atoms with Gasteiger partial charge in [0.15, 0.2) is 11.5 Å². The van der Waals surface area contributed by atoms with E-state index < -0.39 is 0 Å². The van der Waals surface area contributed by atoms with Crippen molar-refractivity contribution in [1.82, 2.24) is 14.5 Å². The Hall–Kier alpha value is -2.60. The monoisotopic (exact) mass is 310 g/mol. The predicted octanol–water partition coefficient (Wildman–Crippen LogP) is 2.39. The van der Waals surface area contributed by atoms with Crippen molar-refractivity contribution in [2.24, 2.45) is 5.73 Å². The van der Waals surface area contributed by atoms with E-state index in [0.29, 0.717) is 19.8 Å². The average Bonchev–Trinajstić information content (AvgIpc) is 2.98. The molecule has 1 unspecified atom stereocenters. The molecule has 3 aromatic rings. The lowest BCUT2D eigenvalue weighted by Gasteiger charge is -2.19. The Bertz CT molecular complexity index is 845. The Morgan fingerprint density at radius 3 is 2.57 bits per heavy atom. The first-order chi connectivity index (χ1) is 11.3. The molecular weight excluding hydrogens is 292 g/mol. The zero-order valence-electron chi connectivity index (χ0n) is 12.9. The number of aromatic nitrogens is 3. The van der Waals surface area contributed by atoms with Gasteiger partial charge in [-0.05, 0) is 19.1 Å². The Morgan fingerprint density at radius 2 is 1.87 bits per heavy atom. The molecule has 0 fully saturated rings. The highest BCUT2D eigenvalue weighted by atomic mass is 16.6. The first kappa shape index (κ1) is 14.0. The number of hydrogen-bond acceptors (Lipinski definition) is 5. The van der Waals surface area contributed by atoms with Gasteiger partial charge in [0.2, 0.25) is 0 Å². The van der Waals surface area contributed by atoms with Crippen molar-refractivity contribution < 1.29 is 9.47 Å². The van der Waals surface area contributed by atoms with Gasteiger partial charge in [-0.15, -0.1) is 0 Å². The smallest absolute Gasteiger partial charge is 0.163 e. The number of rotatable bonds is 3. The van der Waals surface area contributed by atoms with Crippen LogP contribution in [0.15, 0.2) is 36.7 Å². The van der Waals surface area contributed by atoms with Gasteiger partial charge in [-0.2, -0.15) is 0 Å². The molecule has 0 spiro atoms. The molecule has 3 heterocycles. The van der Waals surface area contributed by atoms with Crippen molar-refractivity contribution in [2.45, 2.75) is 13.0 Å². The van der Waals surface area contributed by atoms with Gasteiger partial charge >= 0.3 is 0 Å². The van der Waals surface area contributed by atoms with E-state index in [1.807, 2.05) is 24.3 Å². The minimum absolute atomic E-state index is 0.116. The maximum absolute atomic E-state index is 5.92. The Kier molecular flexibility index (Phi) is 3.38. The molecule has 0 radical (unpaired) electrons. The molecule has 1 aliphatic heterocycles. The van der Waals surface area contributed by atoms with Gasteiger partial charge in [-0.3, -0.25) is 4.98 Å². The highest BCUT2D eigenvalue weighted by Gasteiger charge is 2.21. The second-order valence-corrected chi connectivity index (χ2v) is 5.61. The van der Waals surface area contributed by atoms with Gasteiger partial charge in [0, 0.05) is 42.7 Å². The van der Waals surface area contributed by atoms with Crippen LogP contribution in [0.4, 0.5) is 0 Å². The lowest BCUT2D eigenvalue weighted by Crippen LogP contribution is -2.17. The van der Waals surface area contributed by atoms with Gasteiger partial charge in [0.05, 0.1) is 11.0 Å². The SMILES string of the molecule is CC(CN)n1c(-c2ccncc2)nc2cc3c(cc21)OCCO3. The number of hydrogen-bond donors (Lipinski definition) is 1. The molecule has 0 bridgehead atoms. The van der Waals surface area contributed by atoms with Gasteiger partial charge in [0.25, 0.3) is 0 Å². The first-order valence-corrected chi connectivity index (χ1v) is 7.70. The van der Waals surface area contributed by atoms with Gasteiger partial charge in [0.1, 0.15) is 19.0 Å². The summed E-state index contributed by atoms with van der Waals surface area (Å²) in [5, 5.41) is 0. The average molecular weight is 310 g/mol. The second-order valence-electron chi connectivity index (χ2n) is 5.61. The highest BCUT2D eigenvalue weighted by molar-refractivity contribution is 5.84. The summed E-state index contributed by atoms with van der Waals surface area (Å²) >= 11 is 0. The van der Waals surface area contributed by atoms with Gasteiger partial charge < -0.3 is 19.8 Å². The molecule has 23 heavy (non-hydrogen) atoms. The van der Waals surface area contributed by atoms with Crippen LogP contribution in [0.5, 0.6) is 11.5 Å². The summed E-state index contributed by atoms with van der Waals surface area (Å²) in [6.07, 6.45) is 3.53. The van der Waals surface area contributed by atoms with Crippen LogP contribution in [0, 0.1) is 0 Å². The number of pyridine rings is 1. The number of benzene rings is 1. The van der Waals surface area contributed by atoms with E-state index in [-0.39, 0.29) is 6.04 Å². The third-order valence-corrected chi connectivity index (χ3v) is 4.07. The van der Waals surface area contributed by atoms with Crippen LogP contribution in [0.3, 0.4) is 0 Å². The van der Waals surface area contributed by atoms with Gasteiger partial charge in [-0.1, -0.05) is 0 Å². The van der Waals surface area contributed by atoms with E-state index in [2.05, 4.69) is 16.5 Å². The van der Waals surface area contributed by atoms with E-state index in [0.717, 1.165) is 33.9 Å². The number of nitrogens with zero attached hydrogens (tertiary/aromatic N) is 3. The predicted molar refractivity (Wildman–Crippen MR) is 87.7 cm³/mol. The lowest BCUT2D eigenvalue weighted by atomic mass is 10.2. The molecule has 118 valence electrons. The largest absolute Gasteiger partial charge is 0.486 e. The third kappa shape index (κ3) is 2.31. The van der Waals surface area contributed by atoms with E-state index in [9.17, 15) is 0 Å². The molecule has 2 N–H and O–H groups in total. The van der Waals surface area contributed by atoms with Crippen molar-refractivity contribution >= 4 is 11.0 Å². The quantitative estimate of drug-likeness (QED) is 0.804. The molecule has 6 heteroatoms. The number of ether oxygens (including phenoxy) is 2.